The number of rotatable bonds is 4. The van der Waals surface area contributed by atoms with E-state index in [1.54, 1.807) is 24.0 Å². The Morgan fingerprint density at radius 2 is 1.89 bits per heavy atom. The van der Waals surface area contributed by atoms with Crippen LogP contribution in [0.25, 0.3) is 0 Å². The van der Waals surface area contributed by atoms with Gasteiger partial charge < -0.3 is 0 Å². The fourth-order valence-electron chi connectivity index (χ4n) is 3.09. The van der Waals surface area contributed by atoms with Crippen molar-refractivity contribution in [3.63, 3.8) is 0 Å². The maximum Gasteiger partial charge on any atom is 0.211 e. The first-order chi connectivity index (χ1) is 13.0. The van der Waals surface area contributed by atoms with Gasteiger partial charge in [-0.05, 0) is 36.6 Å². The summed E-state index contributed by atoms with van der Waals surface area (Å²) in [4.78, 5) is 23.0. The third kappa shape index (κ3) is 3.59. The molecule has 0 saturated carbocycles. The van der Waals surface area contributed by atoms with E-state index >= 15 is 0 Å². The molecule has 3 aromatic rings. The van der Waals surface area contributed by atoms with Gasteiger partial charge in [-0.2, -0.15) is 0 Å². The van der Waals surface area contributed by atoms with E-state index in [0.29, 0.717) is 10.7 Å². The maximum absolute atomic E-state index is 13.0. The minimum Gasteiger partial charge on any atom is -0.290 e. The summed E-state index contributed by atoms with van der Waals surface area (Å²) in [7, 11) is 0. The lowest BCUT2D eigenvalue weighted by Crippen LogP contribution is -2.18. The van der Waals surface area contributed by atoms with Gasteiger partial charge in [-0.15, -0.1) is 11.3 Å². The number of aliphatic imine (C=N–C) groups is 1. The molecule has 0 amide bonds. The van der Waals surface area contributed by atoms with Gasteiger partial charge in [0, 0.05) is 22.6 Å². The predicted molar refractivity (Wildman–Crippen MR) is 114 cm³/mol. The molecule has 1 aromatic heterocycles. The first kappa shape index (κ1) is 18.4. The molecule has 1 aliphatic heterocycles. The molecule has 0 bridgehead atoms. The Kier molecular flexibility index (Phi) is 5.17. The molecule has 6 heteroatoms. The van der Waals surface area contributed by atoms with Gasteiger partial charge in [-0.3, -0.25) is 9.79 Å². The van der Waals surface area contributed by atoms with E-state index < -0.39 is 6.04 Å². The monoisotopic (exact) mass is 412 g/mol. The Labute approximate surface area is 171 Å². The highest BCUT2D eigenvalue weighted by molar-refractivity contribution is 8.00. The van der Waals surface area contributed by atoms with Crippen molar-refractivity contribution in [3.05, 3.63) is 80.3 Å². The van der Waals surface area contributed by atoms with Crippen LogP contribution in [0, 0.1) is 13.8 Å². The number of hydrogen-bond donors (Lipinski definition) is 0. The number of ketones is 1. The molecule has 1 atom stereocenters. The number of thioether (sulfide) groups is 1. The lowest BCUT2D eigenvalue weighted by molar-refractivity contribution is 0.0955. The van der Waals surface area contributed by atoms with Crippen molar-refractivity contribution >= 4 is 46.7 Å². The third-order valence-corrected chi connectivity index (χ3v) is 7.12. The number of benzene rings is 2. The summed E-state index contributed by atoms with van der Waals surface area (Å²) in [6.45, 7) is 4.06. The summed E-state index contributed by atoms with van der Waals surface area (Å²) in [6.07, 6.45) is 1.76. The van der Waals surface area contributed by atoms with Crippen molar-refractivity contribution in [2.45, 2.75) is 30.0 Å². The summed E-state index contributed by atoms with van der Waals surface area (Å²) in [6, 6.07) is 13.3. The third-order valence-electron chi connectivity index (χ3n) is 4.61. The number of thiazole rings is 1. The number of aryl methyl sites for hydroxylation is 2. The highest BCUT2D eigenvalue weighted by Gasteiger charge is 2.32. The van der Waals surface area contributed by atoms with Gasteiger partial charge in [-0.1, -0.05) is 59.8 Å². The summed E-state index contributed by atoms with van der Waals surface area (Å²) >= 11 is 9.52. The van der Waals surface area contributed by atoms with Gasteiger partial charge in [0.15, 0.2) is 4.34 Å². The van der Waals surface area contributed by atoms with E-state index in [1.165, 1.54) is 22.5 Å². The number of Topliss-reactive ketones (excluding diaryl/α,β-unsaturated/α-hetero) is 1. The normalized spacial score (nSPS) is 15.8. The van der Waals surface area contributed by atoms with Crippen molar-refractivity contribution in [1.82, 2.24) is 4.98 Å². The number of nitrogens with zero attached hydrogens (tertiary/aromatic N) is 2. The summed E-state index contributed by atoms with van der Waals surface area (Å²) < 4.78 is 0.889. The van der Waals surface area contributed by atoms with Crippen LogP contribution in [0.5, 0.6) is 0 Å². The number of aromatic nitrogens is 1. The zero-order chi connectivity index (χ0) is 19.0. The number of halogens is 1. The van der Waals surface area contributed by atoms with Gasteiger partial charge in [-0.25, -0.2) is 4.98 Å². The van der Waals surface area contributed by atoms with E-state index in [9.17, 15) is 4.79 Å². The van der Waals surface area contributed by atoms with E-state index in [1.807, 2.05) is 31.2 Å². The molecule has 0 aliphatic carbocycles. The van der Waals surface area contributed by atoms with Crippen molar-refractivity contribution in [3.8, 4) is 0 Å². The molecule has 2 heterocycles. The van der Waals surface area contributed by atoms with E-state index in [-0.39, 0.29) is 5.78 Å². The van der Waals surface area contributed by atoms with Crippen molar-refractivity contribution in [2.75, 3.05) is 0 Å². The second-order valence-corrected chi connectivity index (χ2v) is 9.08. The highest BCUT2D eigenvalue weighted by Crippen LogP contribution is 2.37. The van der Waals surface area contributed by atoms with Crippen molar-refractivity contribution in [2.24, 2.45) is 4.99 Å². The lowest BCUT2D eigenvalue weighted by Gasteiger charge is -2.17. The van der Waals surface area contributed by atoms with Crippen molar-refractivity contribution in [1.29, 1.82) is 0 Å². The van der Waals surface area contributed by atoms with Crippen LogP contribution in [-0.2, 0) is 5.75 Å². The fraction of sp³-hybridized carbons (Fsp3) is 0.190. The zero-order valence-electron chi connectivity index (χ0n) is 14.9. The summed E-state index contributed by atoms with van der Waals surface area (Å²) in [5.41, 5.74) is 4.78. The quantitative estimate of drug-likeness (QED) is 0.489. The Morgan fingerprint density at radius 3 is 2.67 bits per heavy atom. The predicted octanol–water partition coefficient (Wildman–Crippen LogP) is 6.06. The van der Waals surface area contributed by atoms with E-state index in [4.69, 9.17) is 11.6 Å². The standard InChI is InChI=1S/C21H17ClN2OS2/c1-12-6-3-4-8-14(12)11-26-21-24-18-16(27-21)10-23-19(20(18)25)17-13(2)7-5-9-15(17)22/h3-10,19H,11H2,1-2H3. The van der Waals surface area contributed by atoms with Crippen LogP contribution in [0.3, 0.4) is 0 Å². The lowest BCUT2D eigenvalue weighted by atomic mass is 9.95. The molecule has 27 heavy (non-hydrogen) atoms. The molecule has 1 aliphatic rings. The Hall–Kier alpha value is -1.95. The van der Waals surface area contributed by atoms with Crippen LogP contribution in [0.1, 0.15) is 43.7 Å². The molecular formula is C21H17ClN2OS2. The van der Waals surface area contributed by atoms with Crippen LogP contribution in [0.2, 0.25) is 5.02 Å². The number of hydrogen-bond acceptors (Lipinski definition) is 5. The van der Waals surface area contributed by atoms with E-state index in [2.05, 4.69) is 29.0 Å². The largest absolute Gasteiger partial charge is 0.290 e. The minimum atomic E-state index is -0.609. The smallest absolute Gasteiger partial charge is 0.211 e. The number of fused-ring (bicyclic) bond motifs is 1. The summed E-state index contributed by atoms with van der Waals surface area (Å²) in [5, 5.41) is 0.568. The number of carbonyl (C=O) groups excluding carboxylic acids is 1. The molecule has 0 radical (unpaired) electrons. The highest BCUT2D eigenvalue weighted by atomic mass is 35.5. The van der Waals surface area contributed by atoms with Gasteiger partial charge in [0.2, 0.25) is 5.78 Å². The molecule has 1 unspecified atom stereocenters. The molecule has 3 nitrogen and oxygen atoms in total. The average Bonchev–Trinajstić information content (AvgIpc) is 3.07. The van der Waals surface area contributed by atoms with E-state index in [0.717, 1.165) is 26.1 Å². The molecule has 136 valence electrons. The summed E-state index contributed by atoms with van der Waals surface area (Å²) in [5.74, 6) is 0.750. The average molecular weight is 413 g/mol. The Balaban J connectivity index is 1.58. The SMILES string of the molecule is Cc1ccccc1CSc1nc2c(s1)C=NC(c1c(C)cccc1Cl)C2=O. The second kappa shape index (κ2) is 7.58. The van der Waals surface area contributed by atoms with Gasteiger partial charge in [0.1, 0.15) is 11.7 Å². The van der Waals surface area contributed by atoms with Crippen LogP contribution in [0.15, 0.2) is 51.8 Å². The first-order valence-electron chi connectivity index (χ1n) is 8.55. The zero-order valence-corrected chi connectivity index (χ0v) is 17.3. The van der Waals surface area contributed by atoms with Crippen molar-refractivity contribution < 1.29 is 4.79 Å². The molecule has 0 spiro atoms. The first-order valence-corrected chi connectivity index (χ1v) is 10.7. The van der Waals surface area contributed by atoms with Gasteiger partial charge in [0.05, 0.1) is 4.88 Å². The van der Waals surface area contributed by atoms with Gasteiger partial charge >= 0.3 is 0 Å². The van der Waals surface area contributed by atoms with Gasteiger partial charge in [0.25, 0.3) is 0 Å². The topological polar surface area (TPSA) is 42.3 Å². The second-order valence-electron chi connectivity index (χ2n) is 6.42. The van der Waals surface area contributed by atoms with Crippen LogP contribution >= 0.6 is 34.7 Å². The fourth-order valence-corrected chi connectivity index (χ4v) is 5.53. The molecule has 0 N–H and O–H groups in total. The van der Waals surface area contributed by atoms with Crippen LogP contribution < -0.4 is 0 Å². The minimum absolute atomic E-state index is 0.0808. The maximum atomic E-state index is 13.0. The molecule has 2 aromatic carbocycles. The number of carbonyl (C=O) groups is 1. The Bertz CT molecular complexity index is 1040. The van der Waals surface area contributed by atoms with Crippen LogP contribution in [-0.4, -0.2) is 17.0 Å². The molecule has 4 rings (SSSR count). The molecule has 0 saturated heterocycles. The molecular weight excluding hydrogens is 396 g/mol. The Morgan fingerprint density at radius 1 is 1.11 bits per heavy atom. The molecule has 0 fully saturated rings. The van der Waals surface area contributed by atoms with Crippen LogP contribution in [0.4, 0.5) is 0 Å².